The van der Waals surface area contributed by atoms with Crippen molar-refractivity contribution in [3.63, 3.8) is 0 Å². The standard InChI is InChI=1S/C33H37N3O5/c1-32-17-11-21-35(25-15-7-3-8-16-25)29(38)26(32)27-30(39)36(20-9-4-10-22-37)28-31(40)34(19-12-18-33(27,28)41-32)23-24-13-5-2-6-14-24/h2-3,5-8,11-18,26-28,37H,4,9-10,19-23H2,1H3/t26-,27+,28?,32+,33+/m1/s1. The molecule has 2 saturated heterocycles. The number of ether oxygens (including phenoxy) is 1. The van der Waals surface area contributed by atoms with Crippen LogP contribution in [0.25, 0.3) is 0 Å². The fourth-order valence-corrected chi connectivity index (χ4v) is 7.16. The molecule has 8 nitrogen and oxygen atoms in total. The van der Waals surface area contributed by atoms with E-state index in [1.807, 2.05) is 91.9 Å². The number of nitrogens with zero attached hydrogens (tertiary/aromatic N) is 3. The first-order valence-corrected chi connectivity index (χ1v) is 14.6. The number of amides is 3. The Balaban J connectivity index is 1.41. The molecular weight excluding hydrogens is 518 g/mol. The van der Waals surface area contributed by atoms with E-state index >= 15 is 0 Å². The molecule has 0 bridgehead atoms. The molecule has 0 radical (unpaired) electrons. The van der Waals surface area contributed by atoms with E-state index in [0.29, 0.717) is 39.0 Å². The minimum absolute atomic E-state index is 0.0795. The number of rotatable bonds is 8. The Hall–Kier alpha value is -3.75. The monoisotopic (exact) mass is 555 g/mol. The Bertz CT molecular complexity index is 1360. The van der Waals surface area contributed by atoms with Gasteiger partial charge in [0.25, 0.3) is 0 Å². The quantitative estimate of drug-likeness (QED) is 0.399. The molecule has 4 aliphatic rings. The third-order valence-electron chi connectivity index (χ3n) is 8.98. The molecule has 5 atom stereocenters. The Labute approximate surface area is 240 Å². The molecule has 41 heavy (non-hydrogen) atoms. The van der Waals surface area contributed by atoms with Gasteiger partial charge in [-0.05, 0) is 43.9 Å². The molecule has 0 aliphatic carbocycles. The summed E-state index contributed by atoms with van der Waals surface area (Å²) in [6.07, 6.45) is 9.66. The van der Waals surface area contributed by atoms with Gasteiger partial charge in [0.1, 0.15) is 11.6 Å². The van der Waals surface area contributed by atoms with Crippen LogP contribution in [0.5, 0.6) is 0 Å². The van der Waals surface area contributed by atoms with Crippen LogP contribution in [-0.2, 0) is 25.7 Å². The van der Waals surface area contributed by atoms with Crippen molar-refractivity contribution in [3.8, 4) is 0 Å². The fraction of sp³-hybridized carbons (Fsp3) is 0.424. The second kappa shape index (κ2) is 10.9. The van der Waals surface area contributed by atoms with Crippen LogP contribution in [0.1, 0.15) is 31.7 Å². The van der Waals surface area contributed by atoms with Crippen molar-refractivity contribution in [2.45, 2.75) is 50.0 Å². The lowest BCUT2D eigenvalue weighted by Crippen LogP contribution is -2.55. The lowest BCUT2D eigenvalue weighted by Gasteiger charge is -2.37. The zero-order chi connectivity index (χ0) is 28.6. The van der Waals surface area contributed by atoms with Gasteiger partial charge >= 0.3 is 0 Å². The lowest BCUT2D eigenvalue weighted by molar-refractivity contribution is -0.151. The molecule has 1 spiro atoms. The van der Waals surface area contributed by atoms with Crippen molar-refractivity contribution < 1.29 is 24.2 Å². The van der Waals surface area contributed by atoms with Gasteiger partial charge in [-0.1, -0.05) is 72.8 Å². The second-order valence-corrected chi connectivity index (χ2v) is 11.6. The van der Waals surface area contributed by atoms with E-state index in [0.717, 1.165) is 17.7 Å². The van der Waals surface area contributed by atoms with Crippen LogP contribution in [0.3, 0.4) is 0 Å². The predicted octanol–water partition coefficient (Wildman–Crippen LogP) is 3.32. The summed E-state index contributed by atoms with van der Waals surface area (Å²) >= 11 is 0. The largest absolute Gasteiger partial charge is 0.396 e. The van der Waals surface area contributed by atoms with Gasteiger partial charge in [-0.2, -0.15) is 0 Å². The maximum absolute atomic E-state index is 14.4. The molecule has 1 unspecified atom stereocenters. The zero-order valence-electron chi connectivity index (χ0n) is 23.4. The van der Waals surface area contributed by atoms with Crippen LogP contribution in [0, 0.1) is 11.8 Å². The first-order chi connectivity index (χ1) is 19.9. The van der Waals surface area contributed by atoms with Crippen LogP contribution in [0.15, 0.2) is 85.0 Å². The number of hydrogen-bond donors (Lipinski definition) is 1. The average Bonchev–Trinajstić information content (AvgIpc) is 3.25. The molecule has 4 aliphatic heterocycles. The van der Waals surface area contributed by atoms with E-state index < -0.39 is 29.1 Å². The molecule has 214 valence electrons. The number of para-hydroxylation sites is 1. The normalized spacial score (nSPS) is 30.7. The van der Waals surface area contributed by atoms with E-state index in [9.17, 15) is 19.5 Å². The number of aliphatic hydroxyl groups is 1. The maximum atomic E-state index is 14.4. The van der Waals surface area contributed by atoms with Crippen molar-refractivity contribution in [2.75, 3.05) is 31.1 Å². The number of benzene rings is 2. The summed E-state index contributed by atoms with van der Waals surface area (Å²) in [5.41, 5.74) is -0.560. The van der Waals surface area contributed by atoms with Gasteiger partial charge in [-0.15, -0.1) is 0 Å². The highest BCUT2D eigenvalue weighted by molar-refractivity contribution is 6.04. The smallest absolute Gasteiger partial charge is 0.249 e. The predicted molar refractivity (Wildman–Crippen MR) is 155 cm³/mol. The molecular formula is C33H37N3O5. The number of hydrogen-bond acceptors (Lipinski definition) is 5. The number of carbonyl (C=O) groups is 3. The minimum atomic E-state index is -1.27. The van der Waals surface area contributed by atoms with Gasteiger partial charge in [0.05, 0.1) is 17.4 Å². The van der Waals surface area contributed by atoms with Crippen LogP contribution in [0.4, 0.5) is 5.69 Å². The molecule has 3 amide bonds. The number of carbonyl (C=O) groups excluding carboxylic acids is 3. The van der Waals surface area contributed by atoms with Crippen LogP contribution < -0.4 is 4.90 Å². The molecule has 2 fully saturated rings. The van der Waals surface area contributed by atoms with Gasteiger partial charge < -0.3 is 24.5 Å². The number of anilines is 1. The lowest BCUT2D eigenvalue weighted by atomic mass is 9.74. The van der Waals surface area contributed by atoms with Gasteiger partial charge in [0.2, 0.25) is 17.7 Å². The van der Waals surface area contributed by atoms with Crippen LogP contribution in [-0.4, -0.2) is 76.1 Å². The summed E-state index contributed by atoms with van der Waals surface area (Å²) in [4.78, 5) is 48.4. The summed E-state index contributed by atoms with van der Waals surface area (Å²) < 4.78 is 6.91. The number of aliphatic hydroxyl groups excluding tert-OH is 1. The van der Waals surface area contributed by atoms with Crippen LogP contribution >= 0.6 is 0 Å². The molecule has 8 heteroatoms. The summed E-state index contributed by atoms with van der Waals surface area (Å²) in [5, 5.41) is 9.30. The summed E-state index contributed by atoms with van der Waals surface area (Å²) in [7, 11) is 0. The summed E-state index contributed by atoms with van der Waals surface area (Å²) in [5.74, 6) is -2.20. The van der Waals surface area contributed by atoms with E-state index in [1.165, 1.54) is 0 Å². The van der Waals surface area contributed by atoms with Crippen molar-refractivity contribution in [1.29, 1.82) is 0 Å². The molecule has 1 N–H and O–H groups in total. The molecule has 0 saturated carbocycles. The van der Waals surface area contributed by atoms with Crippen LogP contribution in [0.2, 0.25) is 0 Å². The Morgan fingerprint density at radius 1 is 0.829 bits per heavy atom. The highest BCUT2D eigenvalue weighted by Gasteiger charge is 2.74. The SMILES string of the molecule is C[C@]12C=CCN(c3ccccc3)C(=O)[C@H]1[C@H]1C(=O)N(CCCCCO)C3C(=O)N(Cc4ccccc4)CC=C[C@@]31O2. The highest BCUT2D eigenvalue weighted by atomic mass is 16.5. The van der Waals surface area contributed by atoms with Gasteiger partial charge in [0.15, 0.2) is 0 Å². The molecule has 4 heterocycles. The average molecular weight is 556 g/mol. The third-order valence-corrected chi connectivity index (χ3v) is 8.98. The van der Waals surface area contributed by atoms with E-state index in [1.54, 1.807) is 14.7 Å². The maximum Gasteiger partial charge on any atom is 0.249 e. The first kappa shape index (κ1) is 27.4. The Morgan fingerprint density at radius 2 is 1.54 bits per heavy atom. The van der Waals surface area contributed by atoms with Crippen molar-refractivity contribution in [2.24, 2.45) is 11.8 Å². The molecule has 6 rings (SSSR count). The minimum Gasteiger partial charge on any atom is -0.396 e. The molecule has 2 aromatic carbocycles. The number of likely N-dealkylation sites (tertiary alicyclic amines) is 1. The fourth-order valence-electron chi connectivity index (χ4n) is 7.16. The second-order valence-electron chi connectivity index (χ2n) is 11.6. The Kier molecular flexibility index (Phi) is 7.30. The van der Waals surface area contributed by atoms with Gasteiger partial charge in [-0.3, -0.25) is 14.4 Å². The van der Waals surface area contributed by atoms with Crippen molar-refractivity contribution in [1.82, 2.24) is 9.80 Å². The van der Waals surface area contributed by atoms with Gasteiger partial charge in [-0.25, -0.2) is 0 Å². The first-order valence-electron chi connectivity index (χ1n) is 14.6. The van der Waals surface area contributed by atoms with Crippen molar-refractivity contribution >= 4 is 23.4 Å². The molecule has 2 aromatic rings. The van der Waals surface area contributed by atoms with E-state index in [-0.39, 0.29) is 24.3 Å². The topological polar surface area (TPSA) is 90.4 Å². The van der Waals surface area contributed by atoms with Crippen molar-refractivity contribution in [3.05, 3.63) is 90.5 Å². The zero-order valence-corrected chi connectivity index (χ0v) is 23.4. The highest BCUT2D eigenvalue weighted by Crippen LogP contribution is 2.57. The van der Waals surface area contributed by atoms with E-state index in [2.05, 4.69) is 0 Å². The van der Waals surface area contributed by atoms with Gasteiger partial charge in [0, 0.05) is 38.5 Å². The number of fused-ring (bicyclic) bond motifs is 2. The number of unbranched alkanes of at least 4 members (excludes halogenated alkanes) is 2. The van der Waals surface area contributed by atoms with E-state index in [4.69, 9.17) is 4.74 Å². The summed E-state index contributed by atoms with van der Waals surface area (Å²) in [6.45, 7) is 3.48. The summed E-state index contributed by atoms with van der Waals surface area (Å²) in [6, 6.07) is 18.4. The molecule has 0 aromatic heterocycles. The third kappa shape index (κ3) is 4.59. The Morgan fingerprint density at radius 3 is 2.27 bits per heavy atom.